The molecule has 0 saturated heterocycles. The fourth-order valence-electron chi connectivity index (χ4n) is 1.12. The summed E-state index contributed by atoms with van der Waals surface area (Å²) in [7, 11) is 0. The van der Waals surface area contributed by atoms with Gasteiger partial charge in [0.1, 0.15) is 11.4 Å². The number of aromatic carboxylic acids is 1. The van der Waals surface area contributed by atoms with Crippen LogP contribution in [0.2, 0.25) is 0 Å². The van der Waals surface area contributed by atoms with Gasteiger partial charge in [0, 0.05) is 5.56 Å². The maximum atomic E-state index is 13.2. The second-order valence-corrected chi connectivity index (χ2v) is 2.85. The van der Waals surface area contributed by atoms with E-state index in [2.05, 4.69) is 0 Å². The van der Waals surface area contributed by atoms with Gasteiger partial charge in [0.25, 0.3) is 0 Å². The molecule has 0 aliphatic carbocycles. The topological polar surface area (TPSA) is 80.4 Å². The Morgan fingerprint density at radius 2 is 1.75 bits per heavy atom. The van der Waals surface area contributed by atoms with Gasteiger partial charge in [-0.2, -0.15) is 8.78 Å². The predicted octanol–water partition coefficient (Wildman–Crippen LogP) is 2.02. The van der Waals surface area contributed by atoms with E-state index in [1.165, 1.54) is 0 Å². The minimum atomic E-state index is -2.04. The first-order valence-electron chi connectivity index (χ1n) is 3.83. The van der Waals surface area contributed by atoms with Crippen LogP contribution in [0.25, 0.3) is 0 Å². The van der Waals surface area contributed by atoms with Gasteiger partial charge < -0.3 is 5.11 Å². The minimum absolute atomic E-state index is 0.781. The average Bonchev–Trinajstić information content (AvgIpc) is 2.13. The Balaban J connectivity index is 3.80. The number of hydrogen-bond acceptors (Lipinski definition) is 3. The summed E-state index contributed by atoms with van der Waals surface area (Å²) in [5.74, 6) is -7.45. The predicted molar refractivity (Wildman–Crippen MR) is 44.7 cm³/mol. The molecule has 8 heteroatoms. The van der Waals surface area contributed by atoms with E-state index in [9.17, 15) is 28.1 Å². The van der Waals surface area contributed by atoms with E-state index in [0.717, 1.165) is 6.92 Å². The van der Waals surface area contributed by atoms with Crippen molar-refractivity contribution in [2.24, 2.45) is 0 Å². The van der Waals surface area contributed by atoms with Crippen molar-refractivity contribution in [2.45, 2.75) is 6.92 Å². The third-order valence-electron chi connectivity index (χ3n) is 1.91. The molecule has 0 atom stereocenters. The lowest BCUT2D eigenvalue weighted by Crippen LogP contribution is -2.11. The molecule has 0 spiro atoms. The normalized spacial score (nSPS) is 10.2. The zero-order valence-corrected chi connectivity index (χ0v) is 7.75. The molecule has 86 valence electrons. The van der Waals surface area contributed by atoms with Gasteiger partial charge in [-0.3, -0.25) is 10.1 Å². The smallest absolute Gasteiger partial charge is 0.342 e. The van der Waals surface area contributed by atoms with Crippen molar-refractivity contribution in [1.82, 2.24) is 0 Å². The lowest BCUT2D eigenvalue weighted by atomic mass is 10.1. The summed E-state index contributed by atoms with van der Waals surface area (Å²) in [6.07, 6.45) is 0. The first-order valence-corrected chi connectivity index (χ1v) is 3.83. The van der Waals surface area contributed by atoms with Crippen molar-refractivity contribution in [3.63, 3.8) is 0 Å². The summed E-state index contributed by atoms with van der Waals surface area (Å²) in [6, 6.07) is 0. The van der Waals surface area contributed by atoms with Crippen LogP contribution in [0.15, 0.2) is 0 Å². The first-order chi connectivity index (χ1) is 7.29. The first kappa shape index (κ1) is 12.0. The number of halogens is 3. The third kappa shape index (κ3) is 1.58. The number of hydrogen-bond donors (Lipinski definition) is 1. The Labute approximate surface area is 86.3 Å². The molecule has 1 N–H and O–H groups in total. The monoisotopic (exact) mass is 235 g/mol. The Kier molecular flexibility index (Phi) is 2.84. The molecule has 0 aliphatic heterocycles. The van der Waals surface area contributed by atoms with Crippen molar-refractivity contribution in [3.8, 4) is 0 Å². The fraction of sp³-hybridized carbons (Fsp3) is 0.125. The van der Waals surface area contributed by atoms with E-state index in [-0.39, 0.29) is 0 Å². The lowest BCUT2D eigenvalue weighted by Gasteiger charge is -2.05. The summed E-state index contributed by atoms with van der Waals surface area (Å²) >= 11 is 0. The zero-order chi connectivity index (χ0) is 12.6. The number of rotatable bonds is 2. The highest BCUT2D eigenvalue weighted by molar-refractivity contribution is 5.89. The molecule has 0 aliphatic rings. The van der Waals surface area contributed by atoms with Gasteiger partial charge in [-0.1, -0.05) is 0 Å². The van der Waals surface area contributed by atoms with Crippen LogP contribution in [-0.4, -0.2) is 16.0 Å². The Morgan fingerprint density at radius 3 is 2.12 bits per heavy atom. The molecule has 1 rings (SSSR count). The van der Waals surface area contributed by atoms with E-state index in [0.29, 0.717) is 0 Å². The van der Waals surface area contributed by atoms with E-state index in [4.69, 9.17) is 5.11 Å². The van der Waals surface area contributed by atoms with Crippen LogP contribution in [0.3, 0.4) is 0 Å². The van der Waals surface area contributed by atoms with Crippen LogP contribution in [0.5, 0.6) is 0 Å². The van der Waals surface area contributed by atoms with Gasteiger partial charge in [-0.15, -0.1) is 0 Å². The molecule has 0 heterocycles. The number of carboxylic acids is 1. The highest BCUT2D eigenvalue weighted by atomic mass is 19.1. The molecular weight excluding hydrogens is 231 g/mol. The molecule has 0 amide bonds. The maximum absolute atomic E-state index is 13.2. The van der Waals surface area contributed by atoms with Crippen molar-refractivity contribution >= 4 is 11.7 Å². The maximum Gasteiger partial charge on any atom is 0.342 e. The van der Waals surface area contributed by atoms with E-state index in [1.807, 2.05) is 0 Å². The summed E-state index contributed by atoms with van der Waals surface area (Å²) < 4.78 is 39.4. The Bertz CT molecular complexity index is 460. The van der Waals surface area contributed by atoms with Crippen molar-refractivity contribution in [2.75, 3.05) is 0 Å². The van der Waals surface area contributed by atoms with Gasteiger partial charge in [0.05, 0.1) is 4.92 Å². The highest BCUT2D eigenvalue weighted by Gasteiger charge is 2.33. The molecule has 0 fully saturated rings. The summed E-state index contributed by atoms with van der Waals surface area (Å²) in [5.41, 5.74) is -4.12. The quantitative estimate of drug-likeness (QED) is 0.628. The largest absolute Gasteiger partial charge is 0.477 e. The molecular formula is C8H4F3NO4. The number of carboxylic acid groups (broad SMARTS) is 1. The fourth-order valence-corrected chi connectivity index (χ4v) is 1.12. The summed E-state index contributed by atoms with van der Waals surface area (Å²) in [6.45, 7) is 0.781. The van der Waals surface area contributed by atoms with Gasteiger partial charge in [-0.05, 0) is 6.92 Å². The zero-order valence-electron chi connectivity index (χ0n) is 7.75. The van der Waals surface area contributed by atoms with Gasteiger partial charge in [0.2, 0.25) is 11.6 Å². The van der Waals surface area contributed by atoms with Crippen molar-refractivity contribution in [3.05, 3.63) is 38.7 Å². The molecule has 1 aromatic rings. The van der Waals surface area contributed by atoms with Crippen LogP contribution in [-0.2, 0) is 0 Å². The van der Waals surface area contributed by atoms with Crippen LogP contribution in [0, 0.1) is 34.5 Å². The van der Waals surface area contributed by atoms with Crippen LogP contribution >= 0.6 is 0 Å². The Morgan fingerprint density at radius 1 is 1.25 bits per heavy atom. The number of nitrogens with zero attached hydrogens (tertiary/aromatic N) is 1. The molecule has 1 aromatic carbocycles. The van der Waals surface area contributed by atoms with Gasteiger partial charge in [-0.25, -0.2) is 9.18 Å². The molecule has 0 saturated carbocycles. The standard InChI is InChI=1S/C8H4F3NO4/c1-2-4(9)3(8(13)14)6(11)7(5(2)10)12(15)16/h1H3,(H,13,14). The highest BCUT2D eigenvalue weighted by Crippen LogP contribution is 2.30. The number of benzene rings is 1. The van der Waals surface area contributed by atoms with E-state index < -0.39 is 45.2 Å². The van der Waals surface area contributed by atoms with Crippen molar-refractivity contribution in [1.29, 1.82) is 0 Å². The van der Waals surface area contributed by atoms with Crippen LogP contribution in [0.4, 0.5) is 18.9 Å². The number of carbonyl (C=O) groups is 1. The van der Waals surface area contributed by atoms with Crippen molar-refractivity contribution < 1.29 is 28.0 Å². The molecule has 5 nitrogen and oxygen atoms in total. The average molecular weight is 235 g/mol. The summed E-state index contributed by atoms with van der Waals surface area (Å²) in [4.78, 5) is 19.3. The lowest BCUT2D eigenvalue weighted by molar-refractivity contribution is -0.390. The number of nitro groups is 1. The van der Waals surface area contributed by atoms with Gasteiger partial charge in [0.15, 0.2) is 0 Å². The molecule has 16 heavy (non-hydrogen) atoms. The van der Waals surface area contributed by atoms with E-state index in [1.54, 1.807) is 0 Å². The second kappa shape index (κ2) is 3.80. The summed E-state index contributed by atoms with van der Waals surface area (Å²) in [5, 5.41) is 18.7. The molecule has 0 aromatic heterocycles. The van der Waals surface area contributed by atoms with Crippen LogP contribution in [0.1, 0.15) is 15.9 Å². The third-order valence-corrected chi connectivity index (χ3v) is 1.91. The molecule has 0 radical (unpaired) electrons. The van der Waals surface area contributed by atoms with Crippen LogP contribution < -0.4 is 0 Å². The molecule has 0 unspecified atom stereocenters. The minimum Gasteiger partial charge on any atom is -0.477 e. The van der Waals surface area contributed by atoms with Gasteiger partial charge >= 0.3 is 11.7 Å². The molecule has 0 bridgehead atoms. The second-order valence-electron chi connectivity index (χ2n) is 2.85. The number of nitro benzene ring substituents is 1. The Hall–Kier alpha value is -2.12. The van der Waals surface area contributed by atoms with E-state index >= 15 is 0 Å². The SMILES string of the molecule is Cc1c(F)c(C(=O)O)c(F)c([N+](=O)[O-])c1F.